The van der Waals surface area contributed by atoms with E-state index in [0.717, 1.165) is 22.4 Å². The van der Waals surface area contributed by atoms with Gasteiger partial charge in [0.25, 0.3) is 0 Å². The summed E-state index contributed by atoms with van der Waals surface area (Å²) in [6.45, 7) is 4.25. The fraction of sp³-hybridized carbons (Fsp3) is 0.267. The number of nitriles is 1. The summed E-state index contributed by atoms with van der Waals surface area (Å²) >= 11 is 0. The van der Waals surface area contributed by atoms with Crippen molar-refractivity contribution in [1.29, 1.82) is 5.26 Å². The van der Waals surface area contributed by atoms with Crippen molar-refractivity contribution in [2.24, 2.45) is 7.05 Å². The monoisotopic (exact) mass is 265 g/mol. The quantitative estimate of drug-likeness (QED) is 0.715. The molecule has 5 heteroatoms. The van der Waals surface area contributed by atoms with Crippen LogP contribution in [0.3, 0.4) is 0 Å². The van der Waals surface area contributed by atoms with Gasteiger partial charge in [0.15, 0.2) is 0 Å². The first-order chi connectivity index (χ1) is 9.60. The largest absolute Gasteiger partial charge is 0.321 e. The Morgan fingerprint density at radius 1 is 1.30 bits per heavy atom. The van der Waals surface area contributed by atoms with Crippen molar-refractivity contribution in [1.82, 2.24) is 19.3 Å². The number of rotatable bonds is 2. The summed E-state index contributed by atoms with van der Waals surface area (Å²) < 4.78 is 3.94. The highest BCUT2D eigenvalue weighted by molar-refractivity contribution is 5.82. The van der Waals surface area contributed by atoms with E-state index in [2.05, 4.69) is 34.6 Å². The van der Waals surface area contributed by atoms with Gasteiger partial charge >= 0.3 is 0 Å². The molecule has 0 aliphatic carbocycles. The second-order valence-corrected chi connectivity index (χ2v) is 5.12. The highest BCUT2D eigenvalue weighted by Gasteiger charge is 2.16. The lowest BCUT2D eigenvalue weighted by molar-refractivity contribution is 0.624. The highest BCUT2D eigenvalue weighted by atomic mass is 15.2. The summed E-state index contributed by atoms with van der Waals surface area (Å²) in [5, 5.41) is 13.2. The second-order valence-electron chi connectivity index (χ2n) is 5.12. The zero-order valence-corrected chi connectivity index (χ0v) is 11.7. The molecule has 0 saturated carbocycles. The van der Waals surface area contributed by atoms with Crippen molar-refractivity contribution < 1.29 is 0 Å². The number of aromatic nitrogens is 4. The van der Waals surface area contributed by atoms with Gasteiger partial charge < -0.3 is 4.57 Å². The molecule has 0 fully saturated rings. The molecule has 100 valence electrons. The number of hydrogen-bond donors (Lipinski definition) is 0. The highest BCUT2D eigenvalue weighted by Crippen LogP contribution is 2.28. The minimum absolute atomic E-state index is 0.281. The van der Waals surface area contributed by atoms with Gasteiger partial charge in [0.05, 0.1) is 34.4 Å². The smallest absolute Gasteiger partial charge is 0.144 e. The molecule has 0 radical (unpaired) electrons. The summed E-state index contributed by atoms with van der Waals surface area (Å²) in [6, 6.07) is 8.05. The van der Waals surface area contributed by atoms with Gasteiger partial charge in [0, 0.05) is 19.3 Å². The zero-order chi connectivity index (χ0) is 14.3. The maximum Gasteiger partial charge on any atom is 0.144 e. The van der Waals surface area contributed by atoms with Crippen LogP contribution < -0.4 is 0 Å². The average Bonchev–Trinajstić information content (AvgIpc) is 3.00. The van der Waals surface area contributed by atoms with E-state index in [1.54, 1.807) is 4.68 Å². The molecule has 0 aliphatic rings. The number of fused-ring (bicyclic) bond motifs is 1. The lowest BCUT2D eigenvalue weighted by Gasteiger charge is -2.11. The molecule has 20 heavy (non-hydrogen) atoms. The zero-order valence-electron chi connectivity index (χ0n) is 11.7. The van der Waals surface area contributed by atoms with Gasteiger partial charge in [-0.05, 0) is 32.0 Å². The third kappa shape index (κ3) is 1.86. The predicted molar refractivity (Wildman–Crippen MR) is 77.0 cm³/mol. The van der Waals surface area contributed by atoms with Gasteiger partial charge in [-0.15, -0.1) is 0 Å². The van der Waals surface area contributed by atoms with E-state index in [0.29, 0.717) is 5.56 Å². The van der Waals surface area contributed by atoms with Gasteiger partial charge in [-0.3, -0.25) is 4.68 Å². The predicted octanol–water partition coefficient (Wildman–Crippen LogP) is 2.89. The Morgan fingerprint density at radius 3 is 2.70 bits per heavy atom. The van der Waals surface area contributed by atoms with E-state index < -0.39 is 0 Å². The van der Waals surface area contributed by atoms with E-state index in [-0.39, 0.29) is 6.04 Å². The Balaban J connectivity index is 2.31. The third-order valence-corrected chi connectivity index (χ3v) is 3.30. The van der Waals surface area contributed by atoms with Crippen LogP contribution in [0.2, 0.25) is 0 Å². The van der Waals surface area contributed by atoms with Crippen LogP contribution in [0.25, 0.3) is 22.4 Å². The first kappa shape index (κ1) is 12.4. The standard InChI is InChI=1S/C15H15N5/c1-10(2)20-14-5-4-11(7-16)6-13(14)18-15(20)12-8-17-19(3)9-12/h4-6,8-10H,1-3H3. The van der Waals surface area contributed by atoms with Crippen LogP contribution >= 0.6 is 0 Å². The number of nitrogens with zero attached hydrogens (tertiary/aromatic N) is 5. The Hall–Kier alpha value is -2.61. The van der Waals surface area contributed by atoms with Gasteiger partial charge in [0.1, 0.15) is 5.82 Å². The third-order valence-electron chi connectivity index (χ3n) is 3.30. The molecule has 0 N–H and O–H groups in total. The number of aryl methyl sites for hydroxylation is 1. The summed E-state index contributed by atoms with van der Waals surface area (Å²) in [7, 11) is 1.89. The topological polar surface area (TPSA) is 59.4 Å². The van der Waals surface area contributed by atoms with Crippen LogP contribution in [0.1, 0.15) is 25.5 Å². The normalized spacial score (nSPS) is 11.2. The van der Waals surface area contributed by atoms with E-state index >= 15 is 0 Å². The van der Waals surface area contributed by atoms with Crippen LogP contribution in [0.15, 0.2) is 30.6 Å². The van der Waals surface area contributed by atoms with Gasteiger partial charge in [-0.2, -0.15) is 10.4 Å². The molecule has 3 rings (SSSR count). The van der Waals surface area contributed by atoms with Gasteiger partial charge in [-0.1, -0.05) is 0 Å². The van der Waals surface area contributed by atoms with Crippen molar-refractivity contribution in [2.45, 2.75) is 19.9 Å². The molecule has 1 aromatic carbocycles. The molecule has 2 aromatic heterocycles. The summed E-state index contributed by atoms with van der Waals surface area (Å²) in [5.41, 5.74) is 3.49. The first-order valence-corrected chi connectivity index (χ1v) is 6.51. The molecule has 5 nitrogen and oxygen atoms in total. The molecule has 0 saturated heterocycles. The lowest BCUT2D eigenvalue weighted by Crippen LogP contribution is -2.02. The molecule has 0 aliphatic heterocycles. The minimum atomic E-state index is 0.281. The summed E-state index contributed by atoms with van der Waals surface area (Å²) in [5.74, 6) is 0.887. The molecule has 0 atom stereocenters. The minimum Gasteiger partial charge on any atom is -0.321 e. The van der Waals surface area contributed by atoms with Crippen molar-refractivity contribution in [3.05, 3.63) is 36.2 Å². The van der Waals surface area contributed by atoms with Crippen LogP contribution in [0, 0.1) is 11.3 Å². The fourth-order valence-electron chi connectivity index (χ4n) is 2.43. The maximum absolute atomic E-state index is 9.00. The maximum atomic E-state index is 9.00. The number of benzene rings is 1. The first-order valence-electron chi connectivity index (χ1n) is 6.51. The Kier molecular flexibility index (Phi) is 2.79. The van der Waals surface area contributed by atoms with Gasteiger partial charge in [-0.25, -0.2) is 4.98 Å². The molecule has 3 aromatic rings. The van der Waals surface area contributed by atoms with Crippen LogP contribution in [0.4, 0.5) is 0 Å². The van der Waals surface area contributed by atoms with E-state index in [9.17, 15) is 0 Å². The Labute approximate surface area is 117 Å². The Bertz CT molecular complexity index is 817. The average molecular weight is 265 g/mol. The second kappa shape index (κ2) is 4.49. The lowest BCUT2D eigenvalue weighted by atomic mass is 10.2. The van der Waals surface area contributed by atoms with Crippen LogP contribution in [-0.4, -0.2) is 19.3 Å². The molecule has 0 amide bonds. The van der Waals surface area contributed by atoms with Crippen molar-refractivity contribution in [3.8, 4) is 17.5 Å². The number of imidazole rings is 1. The van der Waals surface area contributed by atoms with Gasteiger partial charge in [0.2, 0.25) is 0 Å². The molecular weight excluding hydrogens is 250 g/mol. The van der Waals surface area contributed by atoms with Crippen molar-refractivity contribution in [2.75, 3.05) is 0 Å². The molecule has 0 unspecified atom stereocenters. The number of hydrogen-bond acceptors (Lipinski definition) is 3. The van der Waals surface area contributed by atoms with Crippen LogP contribution in [-0.2, 0) is 7.05 Å². The van der Waals surface area contributed by atoms with Crippen molar-refractivity contribution in [3.63, 3.8) is 0 Å². The van der Waals surface area contributed by atoms with E-state index in [1.165, 1.54) is 0 Å². The van der Waals surface area contributed by atoms with E-state index in [4.69, 9.17) is 5.26 Å². The van der Waals surface area contributed by atoms with E-state index in [1.807, 2.05) is 37.6 Å². The fourth-order valence-corrected chi connectivity index (χ4v) is 2.43. The van der Waals surface area contributed by atoms with Crippen LogP contribution in [0.5, 0.6) is 0 Å². The summed E-state index contributed by atoms with van der Waals surface area (Å²) in [4.78, 5) is 4.68. The van der Waals surface area contributed by atoms with Crippen molar-refractivity contribution >= 4 is 11.0 Å². The molecule has 0 spiro atoms. The SMILES string of the molecule is CC(C)n1c(-c2cnn(C)c2)nc2cc(C#N)ccc21. The molecular formula is C15H15N5. The summed E-state index contributed by atoms with van der Waals surface area (Å²) in [6.07, 6.45) is 3.76. The molecule has 0 bridgehead atoms. The molecule has 2 heterocycles. The Morgan fingerprint density at radius 2 is 2.10 bits per heavy atom.